The van der Waals surface area contributed by atoms with E-state index < -0.39 is 11.9 Å². The van der Waals surface area contributed by atoms with Crippen LogP contribution in [0.25, 0.3) is 0 Å². The monoisotopic (exact) mass is 460 g/mol. The number of para-hydroxylation sites is 2. The van der Waals surface area contributed by atoms with Gasteiger partial charge in [0.2, 0.25) is 17.7 Å². The van der Waals surface area contributed by atoms with Crippen molar-refractivity contribution < 1.29 is 28.7 Å². The molecular formula is C26H24N2O6. The van der Waals surface area contributed by atoms with E-state index in [-0.39, 0.29) is 48.3 Å². The summed E-state index contributed by atoms with van der Waals surface area (Å²) in [5.74, 6) is -1.45. The number of carbonyl (C=O) groups is 4. The molecule has 2 aromatic rings. The number of amides is 3. The maximum Gasteiger partial charge on any atom is 0.316 e. The molecule has 0 aromatic heterocycles. The highest BCUT2D eigenvalue weighted by Crippen LogP contribution is 2.38. The Hall–Kier alpha value is -3.94. The fourth-order valence-electron chi connectivity index (χ4n) is 4.87. The summed E-state index contributed by atoms with van der Waals surface area (Å²) < 4.78 is 10.8. The Kier molecular flexibility index (Phi) is 5.65. The second kappa shape index (κ2) is 8.78. The second-order valence-electron chi connectivity index (χ2n) is 8.66. The van der Waals surface area contributed by atoms with Crippen LogP contribution in [0.15, 0.2) is 60.7 Å². The number of carbonyl (C=O) groups excluding carboxylic acids is 4. The van der Waals surface area contributed by atoms with Gasteiger partial charge in [0.1, 0.15) is 11.5 Å². The predicted molar refractivity (Wildman–Crippen MR) is 123 cm³/mol. The van der Waals surface area contributed by atoms with Crippen molar-refractivity contribution in [3.63, 3.8) is 0 Å². The van der Waals surface area contributed by atoms with E-state index in [9.17, 15) is 19.2 Å². The minimum absolute atomic E-state index is 0.0442. The van der Waals surface area contributed by atoms with Crippen molar-refractivity contribution >= 4 is 35.1 Å². The van der Waals surface area contributed by atoms with E-state index >= 15 is 0 Å². The van der Waals surface area contributed by atoms with Crippen LogP contribution in [-0.4, -0.2) is 37.3 Å². The molecule has 0 radical (unpaired) electrons. The lowest BCUT2D eigenvalue weighted by Crippen LogP contribution is -2.30. The minimum Gasteiger partial charge on any atom is -0.495 e. The molecule has 3 amide bonds. The number of benzene rings is 2. The van der Waals surface area contributed by atoms with Crippen molar-refractivity contribution in [2.75, 3.05) is 23.5 Å². The second-order valence-corrected chi connectivity index (χ2v) is 8.66. The van der Waals surface area contributed by atoms with Crippen LogP contribution in [0.3, 0.4) is 0 Å². The molecule has 0 unspecified atom stereocenters. The lowest BCUT2D eigenvalue weighted by atomic mass is 9.85. The third kappa shape index (κ3) is 3.75. The van der Waals surface area contributed by atoms with Gasteiger partial charge in [0.05, 0.1) is 36.2 Å². The minimum atomic E-state index is -0.616. The number of allylic oxidation sites excluding steroid dienone is 2. The van der Waals surface area contributed by atoms with E-state index in [4.69, 9.17) is 9.47 Å². The predicted octanol–water partition coefficient (Wildman–Crippen LogP) is 3.11. The van der Waals surface area contributed by atoms with Crippen LogP contribution in [0.1, 0.15) is 19.3 Å². The Bertz CT molecular complexity index is 1160. The van der Waals surface area contributed by atoms with Crippen LogP contribution in [0.2, 0.25) is 0 Å². The molecule has 3 atom stereocenters. The fraction of sp³-hybridized carbons (Fsp3) is 0.308. The van der Waals surface area contributed by atoms with Crippen molar-refractivity contribution in [2.45, 2.75) is 19.3 Å². The number of hydrogen-bond donors (Lipinski definition) is 0. The average molecular weight is 460 g/mol. The SMILES string of the molecule is COc1ccccc1N1C[C@H](C(=O)Oc2ccc(N3C(=O)[C@H]4CC=CC[C@@H]4C3=O)cc2)CC1=O. The van der Waals surface area contributed by atoms with Gasteiger partial charge in [-0.15, -0.1) is 0 Å². The molecule has 8 nitrogen and oxygen atoms in total. The van der Waals surface area contributed by atoms with E-state index in [1.54, 1.807) is 42.5 Å². The summed E-state index contributed by atoms with van der Waals surface area (Å²) in [7, 11) is 1.53. The molecule has 2 aliphatic heterocycles. The summed E-state index contributed by atoms with van der Waals surface area (Å²) in [6, 6.07) is 13.5. The van der Waals surface area contributed by atoms with E-state index in [1.807, 2.05) is 18.2 Å². The van der Waals surface area contributed by atoms with Crippen LogP contribution >= 0.6 is 0 Å². The normalized spacial score (nSPS) is 23.9. The number of nitrogens with zero attached hydrogens (tertiary/aromatic N) is 2. The van der Waals surface area contributed by atoms with Gasteiger partial charge in [0.15, 0.2) is 0 Å². The van der Waals surface area contributed by atoms with E-state index in [0.29, 0.717) is 30.0 Å². The summed E-state index contributed by atoms with van der Waals surface area (Å²) in [4.78, 5) is 53.6. The Morgan fingerprint density at radius 3 is 2.21 bits per heavy atom. The smallest absolute Gasteiger partial charge is 0.316 e. The maximum atomic E-state index is 12.8. The highest BCUT2D eigenvalue weighted by molar-refractivity contribution is 6.22. The summed E-state index contributed by atoms with van der Waals surface area (Å²) >= 11 is 0. The molecule has 34 heavy (non-hydrogen) atoms. The van der Waals surface area contributed by atoms with Gasteiger partial charge in [-0.3, -0.25) is 24.1 Å². The fourth-order valence-corrected chi connectivity index (χ4v) is 4.87. The summed E-state index contributed by atoms with van der Waals surface area (Å²) in [6.45, 7) is 0.198. The molecule has 0 bridgehead atoms. The van der Waals surface area contributed by atoms with Gasteiger partial charge in [-0.1, -0.05) is 24.3 Å². The number of ether oxygens (including phenoxy) is 2. The number of hydrogen-bond acceptors (Lipinski definition) is 6. The standard InChI is InChI=1S/C26H24N2O6/c1-33-22-9-5-4-8-21(22)27-15-16(14-23(27)29)26(32)34-18-12-10-17(11-13-18)28-24(30)19-6-2-3-7-20(19)25(28)31/h2-5,8-13,16,19-20H,6-7,14-15H2,1H3/t16-,19+,20+/m1/s1. The first-order chi connectivity index (χ1) is 16.5. The lowest BCUT2D eigenvalue weighted by molar-refractivity contribution is -0.139. The number of rotatable bonds is 5. The van der Waals surface area contributed by atoms with Gasteiger partial charge < -0.3 is 14.4 Å². The molecule has 0 spiro atoms. The van der Waals surface area contributed by atoms with Gasteiger partial charge in [-0.25, -0.2) is 0 Å². The van der Waals surface area contributed by atoms with Crippen LogP contribution in [0.5, 0.6) is 11.5 Å². The molecule has 2 saturated heterocycles. The van der Waals surface area contributed by atoms with Gasteiger partial charge >= 0.3 is 5.97 Å². The van der Waals surface area contributed by atoms with Crippen LogP contribution in [-0.2, 0) is 19.2 Å². The first kappa shape index (κ1) is 21.9. The van der Waals surface area contributed by atoms with Crippen molar-refractivity contribution in [1.82, 2.24) is 0 Å². The van der Waals surface area contributed by atoms with Crippen LogP contribution < -0.4 is 19.3 Å². The van der Waals surface area contributed by atoms with E-state index in [0.717, 1.165) is 0 Å². The quantitative estimate of drug-likeness (QED) is 0.295. The Morgan fingerprint density at radius 1 is 0.912 bits per heavy atom. The molecule has 3 aliphatic rings. The molecule has 0 N–H and O–H groups in total. The molecule has 2 aromatic carbocycles. The third-order valence-electron chi connectivity index (χ3n) is 6.66. The number of fused-ring (bicyclic) bond motifs is 1. The number of imide groups is 1. The Morgan fingerprint density at radius 2 is 1.56 bits per heavy atom. The number of anilines is 2. The summed E-state index contributed by atoms with van der Waals surface area (Å²) in [5, 5.41) is 0. The first-order valence-corrected chi connectivity index (χ1v) is 11.3. The zero-order valence-electron chi connectivity index (χ0n) is 18.7. The molecule has 0 saturated carbocycles. The molecule has 2 heterocycles. The summed E-state index contributed by atoms with van der Waals surface area (Å²) in [6.07, 6.45) is 5.09. The molecular weight excluding hydrogens is 436 g/mol. The first-order valence-electron chi connectivity index (χ1n) is 11.3. The number of methoxy groups -OCH3 is 1. The molecule has 2 fully saturated rings. The van der Waals surface area contributed by atoms with Crippen molar-refractivity contribution in [1.29, 1.82) is 0 Å². The Labute approximate surface area is 196 Å². The van der Waals surface area contributed by atoms with Crippen molar-refractivity contribution in [2.24, 2.45) is 17.8 Å². The Balaban J connectivity index is 1.25. The van der Waals surface area contributed by atoms with Crippen LogP contribution in [0, 0.1) is 17.8 Å². The van der Waals surface area contributed by atoms with Gasteiger partial charge in [-0.2, -0.15) is 0 Å². The zero-order valence-corrected chi connectivity index (χ0v) is 18.7. The molecule has 1 aliphatic carbocycles. The maximum absolute atomic E-state index is 12.8. The molecule has 5 rings (SSSR count). The highest BCUT2D eigenvalue weighted by Gasteiger charge is 2.47. The van der Waals surface area contributed by atoms with E-state index in [1.165, 1.54) is 16.9 Å². The summed E-state index contributed by atoms with van der Waals surface area (Å²) in [5.41, 5.74) is 1.08. The van der Waals surface area contributed by atoms with Crippen molar-refractivity contribution in [3.8, 4) is 11.5 Å². The topological polar surface area (TPSA) is 93.2 Å². The van der Waals surface area contributed by atoms with Gasteiger partial charge in [-0.05, 0) is 49.2 Å². The average Bonchev–Trinajstić information content (AvgIpc) is 3.37. The highest BCUT2D eigenvalue weighted by atomic mass is 16.5. The van der Waals surface area contributed by atoms with E-state index in [2.05, 4.69) is 0 Å². The lowest BCUT2D eigenvalue weighted by Gasteiger charge is -2.19. The van der Waals surface area contributed by atoms with Crippen LogP contribution in [0.4, 0.5) is 11.4 Å². The largest absolute Gasteiger partial charge is 0.495 e. The van der Waals surface area contributed by atoms with Gasteiger partial charge in [0, 0.05) is 13.0 Å². The molecule has 8 heteroatoms. The third-order valence-corrected chi connectivity index (χ3v) is 6.66. The van der Waals surface area contributed by atoms with Crippen molar-refractivity contribution in [3.05, 3.63) is 60.7 Å². The number of esters is 1. The van der Waals surface area contributed by atoms with Gasteiger partial charge in [0.25, 0.3) is 0 Å². The zero-order chi connectivity index (χ0) is 23.8. The molecule has 174 valence electrons.